The van der Waals surface area contributed by atoms with Crippen molar-refractivity contribution in [2.75, 3.05) is 19.7 Å². The van der Waals surface area contributed by atoms with Gasteiger partial charge in [0.1, 0.15) is 11.6 Å². The molecule has 1 amide bonds. The monoisotopic (exact) mass is 482 g/mol. The Labute approximate surface area is 202 Å². The molecule has 2 aromatic heterocycles. The summed E-state index contributed by atoms with van der Waals surface area (Å²) in [5, 5.41) is 1.97. The highest BCUT2D eigenvalue weighted by atomic mass is 35.5. The second-order valence-electron chi connectivity index (χ2n) is 7.64. The van der Waals surface area contributed by atoms with E-state index >= 15 is 0 Å². The van der Waals surface area contributed by atoms with Crippen molar-refractivity contribution in [3.63, 3.8) is 0 Å². The lowest BCUT2D eigenvalue weighted by Crippen LogP contribution is -2.30. The zero-order chi connectivity index (χ0) is 23.4. The zero-order valence-electron chi connectivity index (χ0n) is 19.0. The van der Waals surface area contributed by atoms with Crippen LogP contribution >= 0.6 is 22.9 Å². The number of rotatable bonds is 9. The van der Waals surface area contributed by atoms with E-state index in [9.17, 15) is 4.79 Å². The Hall–Kier alpha value is -2.90. The molecular weight excluding hydrogens is 456 g/mol. The summed E-state index contributed by atoms with van der Waals surface area (Å²) in [6.07, 6.45) is 0.651. The Balaban J connectivity index is 1.72. The lowest BCUT2D eigenvalue weighted by atomic mass is 10.1. The van der Waals surface area contributed by atoms with Gasteiger partial charge in [0.25, 0.3) is 5.91 Å². The summed E-state index contributed by atoms with van der Waals surface area (Å²) in [6, 6.07) is 13.8. The maximum atomic E-state index is 12.9. The number of thiazole rings is 1. The normalized spacial score (nSPS) is 11.2. The van der Waals surface area contributed by atoms with Crippen LogP contribution in [0.25, 0.3) is 11.0 Å². The van der Waals surface area contributed by atoms with Crippen molar-refractivity contribution in [1.82, 2.24) is 19.4 Å². The predicted molar refractivity (Wildman–Crippen MR) is 134 cm³/mol. The second-order valence-corrected chi connectivity index (χ2v) is 9.08. The van der Waals surface area contributed by atoms with Crippen molar-refractivity contribution in [3.8, 4) is 5.75 Å². The lowest BCUT2D eigenvalue weighted by molar-refractivity contribution is 0.0773. The van der Waals surface area contributed by atoms with Crippen LogP contribution in [0.2, 0.25) is 4.47 Å². The summed E-state index contributed by atoms with van der Waals surface area (Å²) < 4.78 is 8.24. The predicted octanol–water partition coefficient (Wildman–Crippen LogP) is 5.67. The van der Waals surface area contributed by atoms with Crippen LogP contribution in [-0.4, -0.2) is 45.0 Å². The molecule has 0 aliphatic rings. The van der Waals surface area contributed by atoms with E-state index in [-0.39, 0.29) is 5.91 Å². The Morgan fingerprint density at radius 1 is 1.09 bits per heavy atom. The van der Waals surface area contributed by atoms with Gasteiger partial charge in [-0.15, -0.1) is 11.3 Å². The van der Waals surface area contributed by atoms with E-state index in [4.69, 9.17) is 21.3 Å². The molecule has 0 aliphatic heterocycles. The number of nitrogens with zero attached hydrogens (tertiary/aromatic N) is 4. The molecule has 2 aromatic carbocycles. The molecule has 4 aromatic rings. The minimum absolute atomic E-state index is 0.0239. The van der Waals surface area contributed by atoms with Gasteiger partial charge in [-0.2, -0.15) is 0 Å². The number of imidazole rings is 1. The van der Waals surface area contributed by atoms with Gasteiger partial charge in [-0.25, -0.2) is 9.97 Å². The van der Waals surface area contributed by atoms with Gasteiger partial charge in [0, 0.05) is 30.5 Å². The largest absolute Gasteiger partial charge is 0.494 e. The van der Waals surface area contributed by atoms with E-state index in [0.29, 0.717) is 42.7 Å². The summed E-state index contributed by atoms with van der Waals surface area (Å²) in [4.78, 5) is 24.0. The van der Waals surface area contributed by atoms with E-state index in [2.05, 4.69) is 21.7 Å². The highest BCUT2D eigenvalue weighted by molar-refractivity contribution is 7.13. The van der Waals surface area contributed by atoms with E-state index in [1.165, 1.54) is 11.3 Å². The van der Waals surface area contributed by atoms with Crippen LogP contribution in [0.5, 0.6) is 5.75 Å². The number of fused-ring (bicyclic) bond motifs is 1. The first-order valence-corrected chi connectivity index (χ1v) is 12.4. The Morgan fingerprint density at radius 3 is 2.48 bits per heavy atom. The minimum Gasteiger partial charge on any atom is -0.494 e. The van der Waals surface area contributed by atoms with Gasteiger partial charge in [0.15, 0.2) is 4.47 Å². The third-order valence-corrected chi connectivity index (χ3v) is 6.59. The molecule has 2 heterocycles. The fraction of sp³-hybridized carbons (Fsp3) is 0.320. The molecular formula is C25H27ClN4O2S. The van der Waals surface area contributed by atoms with Crippen molar-refractivity contribution >= 4 is 39.9 Å². The number of ether oxygens (including phenoxy) is 1. The van der Waals surface area contributed by atoms with E-state index in [1.54, 1.807) is 0 Å². The first-order valence-electron chi connectivity index (χ1n) is 11.1. The van der Waals surface area contributed by atoms with E-state index < -0.39 is 0 Å². The molecule has 33 heavy (non-hydrogen) atoms. The Morgan fingerprint density at radius 2 is 1.85 bits per heavy atom. The van der Waals surface area contributed by atoms with Crippen molar-refractivity contribution in [2.45, 2.75) is 33.7 Å². The molecule has 8 heteroatoms. The van der Waals surface area contributed by atoms with E-state index in [1.807, 2.05) is 61.4 Å². The van der Waals surface area contributed by atoms with Crippen LogP contribution in [-0.2, 0) is 13.0 Å². The van der Waals surface area contributed by atoms with Crippen molar-refractivity contribution in [3.05, 3.63) is 75.0 Å². The molecule has 0 atom stereocenters. The summed E-state index contributed by atoms with van der Waals surface area (Å²) >= 11 is 7.49. The molecule has 0 fully saturated rings. The van der Waals surface area contributed by atoms with Crippen molar-refractivity contribution < 1.29 is 9.53 Å². The van der Waals surface area contributed by atoms with Gasteiger partial charge < -0.3 is 14.2 Å². The summed E-state index contributed by atoms with van der Waals surface area (Å²) in [7, 11) is 0. The quantitative estimate of drug-likeness (QED) is 0.308. The molecule has 6 nitrogen and oxygen atoms in total. The highest BCUT2D eigenvalue weighted by Crippen LogP contribution is 2.24. The van der Waals surface area contributed by atoms with Crippen molar-refractivity contribution in [1.29, 1.82) is 0 Å². The average molecular weight is 483 g/mol. The molecule has 0 N–H and O–H groups in total. The van der Waals surface area contributed by atoms with Crippen LogP contribution in [0.4, 0.5) is 0 Å². The fourth-order valence-corrected chi connectivity index (χ4v) is 4.66. The van der Waals surface area contributed by atoms with Crippen molar-refractivity contribution in [2.24, 2.45) is 0 Å². The van der Waals surface area contributed by atoms with E-state index in [0.717, 1.165) is 33.9 Å². The van der Waals surface area contributed by atoms with Crippen LogP contribution in [0.1, 0.15) is 48.2 Å². The molecule has 0 radical (unpaired) electrons. The molecule has 0 saturated carbocycles. The van der Waals surface area contributed by atoms with Crippen LogP contribution in [0.3, 0.4) is 0 Å². The molecule has 4 rings (SSSR count). The number of carbonyl (C=O) groups is 1. The standard InChI is InChI=1S/C25H27ClN4O2S/c1-4-29(5-2)24(31)18-9-12-22-21(14-18)28-23(30(22)15-19-16-33-25(26)27-19)13-17-7-10-20(11-8-17)32-6-3/h7-12,14,16H,4-6,13,15H2,1-3H3. The number of benzene rings is 2. The third kappa shape index (κ3) is 5.20. The topological polar surface area (TPSA) is 60.2 Å². The molecule has 172 valence electrons. The molecule has 0 spiro atoms. The zero-order valence-corrected chi connectivity index (χ0v) is 20.6. The summed E-state index contributed by atoms with van der Waals surface area (Å²) in [5.41, 5.74) is 4.44. The number of carbonyl (C=O) groups excluding carboxylic acids is 1. The summed E-state index contributed by atoms with van der Waals surface area (Å²) in [6.45, 7) is 8.51. The van der Waals surface area contributed by atoms with Gasteiger partial charge in [-0.3, -0.25) is 4.79 Å². The van der Waals surface area contributed by atoms with Crippen LogP contribution in [0, 0.1) is 0 Å². The van der Waals surface area contributed by atoms with Gasteiger partial charge in [-0.05, 0) is 56.7 Å². The highest BCUT2D eigenvalue weighted by Gasteiger charge is 2.17. The SMILES string of the molecule is CCOc1ccc(Cc2nc3cc(C(=O)N(CC)CC)ccc3n2Cc2csc(Cl)n2)cc1. The van der Waals surface area contributed by atoms with Crippen LogP contribution in [0.15, 0.2) is 47.8 Å². The van der Waals surface area contributed by atoms with Crippen LogP contribution < -0.4 is 4.74 Å². The first-order chi connectivity index (χ1) is 16.0. The molecule has 0 unspecified atom stereocenters. The maximum absolute atomic E-state index is 12.9. The lowest BCUT2D eigenvalue weighted by Gasteiger charge is -2.18. The number of halogens is 1. The maximum Gasteiger partial charge on any atom is 0.253 e. The number of hydrogen-bond donors (Lipinski definition) is 0. The second kappa shape index (κ2) is 10.4. The van der Waals surface area contributed by atoms with Gasteiger partial charge in [-0.1, -0.05) is 23.7 Å². The first kappa shape index (κ1) is 23.3. The fourth-order valence-electron chi connectivity index (χ4n) is 3.89. The number of aromatic nitrogens is 3. The Kier molecular flexibility index (Phi) is 7.30. The average Bonchev–Trinajstić information content (AvgIpc) is 3.38. The molecule has 0 saturated heterocycles. The van der Waals surface area contributed by atoms with Gasteiger partial charge >= 0.3 is 0 Å². The minimum atomic E-state index is 0.0239. The van der Waals surface area contributed by atoms with Gasteiger partial charge in [0.2, 0.25) is 0 Å². The number of hydrogen-bond acceptors (Lipinski definition) is 5. The smallest absolute Gasteiger partial charge is 0.253 e. The number of amides is 1. The van der Waals surface area contributed by atoms with Gasteiger partial charge in [0.05, 0.1) is 29.9 Å². The third-order valence-electron chi connectivity index (χ3n) is 5.57. The Bertz CT molecular complexity index is 1250. The summed E-state index contributed by atoms with van der Waals surface area (Å²) in [5.74, 6) is 1.79. The molecule has 0 aliphatic carbocycles. The molecule has 0 bridgehead atoms.